The summed E-state index contributed by atoms with van der Waals surface area (Å²) in [5, 5.41) is 3.07. The minimum atomic E-state index is -0.473. The summed E-state index contributed by atoms with van der Waals surface area (Å²) in [6.07, 6.45) is 1.73. The number of nitrogens with one attached hydrogen (secondary N) is 1. The predicted octanol–water partition coefficient (Wildman–Crippen LogP) is 3.85. The molecule has 148 valence electrons. The molecule has 6 nitrogen and oxygen atoms in total. The number of hydrogen-bond acceptors (Lipinski definition) is 4. The highest BCUT2D eigenvalue weighted by atomic mass is 79.9. The van der Waals surface area contributed by atoms with E-state index in [1.165, 1.54) is 0 Å². The highest BCUT2D eigenvalue weighted by molar-refractivity contribution is 9.10. The minimum absolute atomic E-state index is 0.119. The van der Waals surface area contributed by atoms with Crippen LogP contribution in [0.15, 0.2) is 22.7 Å². The van der Waals surface area contributed by atoms with Gasteiger partial charge < -0.3 is 15.0 Å². The van der Waals surface area contributed by atoms with Gasteiger partial charge in [0.1, 0.15) is 5.60 Å². The molecule has 1 heterocycles. The average molecular weight is 438 g/mol. The number of ether oxygens (including phenoxy) is 1. The number of carbonyl (C=O) groups is 2. The molecule has 0 unspecified atom stereocenters. The zero-order valence-corrected chi connectivity index (χ0v) is 17.8. The molecule has 2 aliphatic rings. The van der Waals surface area contributed by atoms with Gasteiger partial charge in [0, 0.05) is 48.8 Å². The lowest BCUT2D eigenvalue weighted by Crippen LogP contribution is -2.49. The number of piperazine rings is 1. The lowest BCUT2D eigenvalue weighted by Gasteiger charge is -2.35. The van der Waals surface area contributed by atoms with Crippen LogP contribution in [-0.4, -0.2) is 53.6 Å². The van der Waals surface area contributed by atoms with Gasteiger partial charge in [-0.15, -0.1) is 0 Å². The van der Waals surface area contributed by atoms with Crippen molar-refractivity contribution in [3.8, 4) is 0 Å². The molecule has 0 aromatic heterocycles. The Morgan fingerprint density at radius 2 is 1.85 bits per heavy atom. The molecule has 7 heteroatoms. The number of nitrogens with zero attached hydrogens (tertiary/aromatic N) is 2. The summed E-state index contributed by atoms with van der Waals surface area (Å²) >= 11 is 3.52. The van der Waals surface area contributed by atoms with Crippen LogP contribution in [-0.2, 0) is 16.1 Å². The molecule has 1 aliphatic carbocycles. The molecule has 1 saturated carbocycles. The van der Waals surface area contributed by atoms with E-state index in [9.17, 15) is 9.59 Å². The van der Waals surface area contributed by atoms with Crippen LogP contribution < -0.4 is 5.32 Å². The van der Waals surface area contributed by atoms with Crippen molar-refractivity contribution in [1.29, 1.82) is 0 Å². The molecule has 0 spiro atoms. The number of carbonyl (C=O) groups excluding carboxylic acids is 2. The highest BCUT2D eigenvalue weighted by Gasteiger charge is 2.30. The van der Waals surface area contributed by atoms with E-state index >= 15 is 0 Å². The Morgan fingerprint density at radius 3 is 2.44 bits per heavy atom. The summed E-state index contributed by atoms with van der Waals surface area (Å²) < 4.78 is 6.45. The first kappa shape index (κ1) is 20.1. The van der Waals surface area contributed by atoms with E-state index in [1.807, 2.05) is 32.9 Å². The Balaban J connectivity index is 1.57. The molecule has 2 fully saturated rings. The second kappa shape index (κ2) is 8.19. The van der Waals surface area contributed by atoms with Crippen molar-refractivity contribution >= 4 is 33.6 Å². The van der Waals surface area contributed by atoms with Gasteiger partial charge in [0.05, 0.1) is 0 Å². The first-order chi connectivity index (χ1) is 12.7. The molecule has 0 radical (unpaired) electrons. The van der Waals surface area contributed by atoms with Crippen LogP contribution in [0.1, 0.15) is 39.2 Å². The van der Waals surface area contributed by atoms with Crippen molar-refractivity contribution in [2.24, 2.45) is 5.92 Å². The van der Waals surface area contributed by atoms with Crippen LogP contribution >= 0.6 is 15.9 Å². The second-order valence-corrected chi connectivity index (χ2v) is 9.22. The number of hydrogen-bond donors (Lipinski definition) is 1. The molecular weight excluding hydrogens is 410 g/mol. The third-order valence-corrected chi connectivity index (χ3v) is 5.18. The monoisotopic (exact) mass is 437 g/mol. The van der Waals surface area contributed by atoms with Crippen LogP contribution in [0.2, 0.25) is 0 Å². The van der Waals surface area contributed by atoms with Crippen LogP contribution in [0.3, 0.4) is 0 Å². The number of rotatable bonds is 4. The normalized spacial score (nSPS) is 18.3. The Morgan fingerprint density at radius 1 is 1.19 bits per heavy atom. The highest BCUT2D eigenvalue weighted by Crippen LogP contribution is 2.31. The van der Waals surface area contributed by atoms with Gasteiger partial charge in [0.2, 0.25) is 5.91 Å². The summed E-state index contributed by atoms with van der Waals surface area (Å²) in [6.45, 7) is 9.23. The van der Waals surface area contributed by atoms with Crippen molar-refractivity contribution in [2.75, 3.05) is 31.5 Å². The largest absolute Gasteiger partial charge is 0.444 e. The smallest absolute Gasteiger partial charge is 0.410 e. The average Bonchev–Trinajstić information content (AvgIpc) is 3.41. The van der Waals surface area contributed by atoms with E-state index in [0.29, 0.717) is 13.1 Å². The minimum Gasteiger partial charge on any atom is -0.444 e. The molecule has 0 bridgehead atoms. The zero-order valence-electron chi connectivity index (χ0n) is 16.3. The van der Waals surface area contributed by atoms with Crippen LogP contribution in [0, 0.1) is 5.92 Å². The van der Waals surface area contributed by atoms with E-state index in [0.717, 1.165) is 48.2 Å². The Kier molecular flexibility index (Phi) is 6.11. The molecule has 0 atom stereocenters. The fourth-order valence-corrected chi connectivity index (χ4v) is 3.46. The summed E-state index contributed by atoms with van der Waals surface area (Å²) in [6, 6.07) is 5.96. The first-order valence-corrected chi connectivity index (χ1v) is 10.3. The van der Waals surface area contributed by atoms with Gasteiger partial charge in [-0.05, 0) is 57.4 Å². The van der Waals surface area contributed by atoms with Gasteiger partial charge in [-0.1, -0.05) is 15.9 Å². The fraction of sp³-hybridized carbons (Fsp3) is 0.600. The molecule has 3 rings (SSSR count). The number of anilines is 1. The molecule has 1 aromatic rings. The molecule has 1 saturated heterocycles. The predicted molar refractivity (Wildman–Crippen MR) is 109 cm³/mol. The number of benzene rings is 1. The second-order valence-electron chi connectivity index (χ2n) is 8.31. The summed E-state index contributed by atoms with van der Waals surface area (Å²) in [7, 11) is 0. The van der Waals surface area contributed by atoms with E-state index in [4.69, 9.17) is 4.74 Å². The van der Waals surface area contributed by atoms with Crippen LogP contribution in [0.4, 0.5) is 10.5 Å². The molecule has 1 aliphatic heterocycles. The van der Waals surface area contributed by atoms with Crippen LogP contribution in [0.25, 0.3) is 0 Å². The van der Waals surface area contributed by atoms with Crippen LogP contribution in [0.5, 0.6) is 0 Å². The van der Waals surface area contributed by atoms with Crippen molar-refractivity contribution in [3.05, 3.63) is 28.2 Å². The SMILES string of the molecule is CC(C)(C)OC(=O)N1CCN(Cc2cc(Br)ccc2NC(=O)C2CC2)CC1. The summed E-state index contributed by atoms with van der Waals surface area (Å²) in [5.74, 6) is 0.298. The van der Waals surface area contributed by atoms with Gasteiger partial charge in [0.25, 0.3) is 0 Å². The topological polar surface area (TPSA) is 61.9 Å². The first-order valence-electron chi connectivity index (χ1n) is 9.51. The maximum absolute atomic E-state index is 12.2. The molecule has 2 amide bonds. The van der Waals surface area contributed by atoms with Crippen molar-refractivity contribution in [2.45, 2.75) is 45.8 Å². The van der Waals surface area contributed by atoms with E-state index in [2.05, 4.69) is 32.2 Å². The quantitative estimate of drug-likeness (QED) is 0.776. The molecule has 27 heavy (non-hydrogen) atoms. The van der Waals surface area contributed by atoms with Crippen molar-refractivity contribution in [3.63, 3.8) is 0 Å². The van der Waals surface area contributed by atoms with Gasteiger partial charge in [0.15, 0.2) is 0 Å². The van der Waals surface area contributed by atoms with E-state index in [-0.39, 0.29) is 17.9 Å². The maximum atomic E-state index is 12.2. The number of amides is 2. The fourth-order valence-electron chi connectivity index (χ4n) is 3.05. The zero-order chi connectivity index (χ0) is 19.6. The molecule has 1 aromatic carbocycles. The summed E-state index contributed by atoms with van der Waals surface area (Å²) in [5.41, 5.74) is 1.49. The standard InChI is InChI=1S/C20H28BrN3O3/c1-20(2,3)27-19(26)24-10-8-23(9-11-24)13-15-12-16(21)6-7-17(15)22-18(25)14-4-5-14/h6-7,12,14H,4-5,8-11,13H2,1-3H3,(H,22,25). The van der Waals surface area contributed by atoms with Crippen molar-refractivity contribution in [1.82, 2.24) is 9.80 Å². The van der Waals surface area contributed by atoms with Gasteiger partial charge in [-0.25, -0.2) is 4.79 Å². The van der Waals surface area contributed by atoms with Gasteiger partial charge in [-0.3, -0.25) is 9.69 Å². The Labute approximate surface area is 169 Å². The van der Waals surface area contributed by atoms with Crippen molar-refractivity contribution < 1.29 is 14.3 Å². The maximum Gasteiger partial charge on any atom is 0.410 e. The summed E-state index contributed by atoms with van der Waals surface area (Å²) in [4.78, 5) is 28.4. The van der Waals surface area contributed by atoms with Gasteiger partial charge >= 0.3 is 6.09 Å². The lowest BCUT2D eigenvalue weighted by atomic mass is 10.1. The third-order valence-electron chi connectivity index (χ3n) is 4.69. The van der Waals surface area contributed by atoms with Gasteiger partial charge in [-0.2, -0.15) is 0 Å². The Hall–Kier alpha value is -1.60. The number of halogens is 1. The molecular formula is C20H28BrN3O3. The Bertz CT molecular complexity index is 705. The van der Waals surface area contributed by atoms with E-state index in [1.54, 1.807) is 4.90 Å². The molecule has 1 N–H and O–H groups in total. The lowest BCUT2D eigenvalue weighted by molar-refractivity contribution is -0.117. The third kappa shape index (κ3) is 5.94. The van der Waals surface area contributed by atoms with E-state index < -0.39 is 5.60 Å².